The number of ketones is 1. The second-order valence-electron chi connectivity index (χ2n) is 13.7. The van der Waals surface area contributed by atoms with Crippen LogP contribution in [0.25, 0.3) is 0 Å². The number of nitrogens with zero attached hydrogens (tertiary/aromatic N) is 3. The van der Waals surface area contributed by atoms with Crippen LogP contribution in [-0.4, -0.2) is 75.6 Å². The lowest BCUT2D eigenvalue weighted by Gasteiger charge is -2.39. The van der Waals surface area contributed by atoms with Gasteiger partial charge in [-0.15, -0.1) is 0 Å². The Bertz CT molecular complexity index is 2190. The smallest absolute Gasteiger partial charge is 0.305 e. The number of aliphatic hydroxyl groups excluding tert-OH is 3. The number of hydrogen-bond donors (Lipinski definition) is 5. The summed E-state index contributed by atoms with van der Waals surface area (Å²) in [6.07, 6.45) is 13.0. The van der Waals surface area contributed by atoms with Crippen LogP contribution in [0, 0.1) is 11.3 Å². The minimum Gasteiger partial charge on any atom is -0.510 e. The molecule has 0 spiro atoms. The van der Waals surface area contributed by atoms with Crippen molar-refractivity contribution in [1.29, 1.82) is 0 Å². The molecule has 0 aromatic carbocycles. The highest BCUT2D eigenvalue weighted by atomic mass is 16.5. The van der Waals surface area contributed by atoms with E-state index in [2.05, 4.69) is 11.9 Å². The van der Waals surface area contributed by atoms with Crippen molar-refractivity contribution in [2.24, 2.45) is 26.3 Å². The summed E-state index contributed by atoms with van der Waals surface area (Å²) in [4.78, 5) is 52.7. The van der Waals surface area contributed by atoms with Gasteiger partial charge in [0.25, 0.3) is 0 Å². The van der Waals surface area contributed by atoms with Gasteiger partial charge in [-0.1, -0.05) is 24.8 Å². The SMILES string of the molecule is C=CC1=C(C)C2=CC3=C4C=CC(=C(O)CO)[C@H](C(=O)CO)[C@]4(C)C(=CC4=NC(=CC5=NC(=CC1=N2)C(C)=C5CCC(=O)OC)C(CCC(=O)O)=C4C)N3. The van der Waals surface area contributed by atoms with Gasteiger partial charge >= 0.3 is 11.9 Å². The molecule has 12 heteroatoms. The minimum absolute atomic E-state index is 0.122. The largest absolute Gasteiger partial charge is 0.510 e. The molecule has 5 N–H and O–H groups in total. The number of nitrogens with one attached hydrogen (secondary N) is 1. The molecule has 0 aromatic rings. The average Bonchev–Trinajstić information content (AvgIpc) is 3.79. The number of rotatable bonds is 10. The number of hydrogen-bond acceptors (Lipinski definition) is 11. The van der Waals surface area contributed by atoms with E-state index in [9.17, 15) is 34.8 Å². The summed E-state index contributed by atoms with van der Waals surface area (Å²) in [5, 5.41) is 44.1. The first-order valence-corrected chi connectivity index (χ1v) is 17.3. The van der Waals surface area contributed by atoms with E-state index in [1.807, 2.05) is 45.9 Å². The fourth-order valence-electron chi connectivity index (χ4n) is 7.77. The normalized spacial score (nSPS) is 24.2. The summed E-state index contributed by atoms with van der Waals surface area (Å²) in [6, 6.07) is 0. The Balaban J connectivity index is 1.67. The number of aliphatic carboxylic acids is 1. The van der Waals surface area contributed by atoms with E-state index in [-0.39, 0.29) is 36.6 Å². The summed E-state index contributed by atoms with van der Waals surface area (Å²) in [5.74, 6) is -3.38. The number of carboxylic acid groups (broad SMARTS) is 1. The van der Waals surface area contributed by atoms with Gasteiger partial charge in [0.2, 0.25) is 0 Å². The van der Waals surface area contributed by atoms with E-state index in [4.69, 9.17) is 19.7 Å². The van der Waals surface area contributed by atoms with Gasteiger partial charge in [-0.3, -0.25) is 14.4 Å². The maximum atomic E-state index is 13.6. The molecule has 0 saturated carbocycles. The zero-order valence-corrected chi connectivity index (χ0v) is 30.3. The lowest BCUT2D eigenvalue weighted by Crippen LogP contribution is -2.41. The van der Waals surface area contributed by atoms with Crippen molar-refractivity contribution in [2.45, 2.75) is 53.4 Å². The number of Topliss-reactive ketones (excluding diaryl/α,β-unsaturated/α-hetero) is 1. The third kappa shape index (κ3) is 6.38. The van der Waals surface area contributed by atoms with Crippen LogP contribution in [0.15, 0.2) is 143 Å². The van der Waals surface area contributed by atoms with E-state index in [1.165, 1.54) is 7.11 Å². The van der Waals surface area contributed by atoms with Gasteiger partial charge in [-0.05, 0) is 98.3 Å². The molecule has 12 nitrogen and oxygen atoms in total. The molecule has 2 atom stereocenters. The summed E-state index contributed by atoms with van der Waals surface area (Å²) in [6.45, 7) is 10.1. The van der Waals surface area contributed by atoms with E-state index >= 15 is 0 Å². The van der Waals surface area contributed by atoms with Crippen molar-refractivity contribution < 1.29 is 39.5 Å². The number of aliphatic hydroxyl groups is 3. The number of allylic oxidation sites excluding steroid dienone is 15. The third-order valence-electron chi connectivity index (χ3n) is 10.7. The van der Waals surface area contributed by atoms with Gasteiger partial charge in [-0.2, -0.15) is 0 Å². The topological polar surface area (TPSA) is 190 Å². The Labute approximate surface area is 307 Å². The van der Waals surface area contributed by atoms with Crippen molar-refractivity contribution in [3.63, 3.8) is 0 Å². The van der Waals surface area contributed by atoms with Gasteiger partial charge in [0.15, 0.2) is 5.78 Å². The second-order valence-corrected chi connectivity index (χ2v) is 13.7. The first-order chi connectivity index (χ1) is 25.3. The number of carboxylic acids is 1. The standard InChI is InChI=1S/C41H42N4O8/c1-7-23-20(2)29-15-34-27-11-8-26(35(48)18-46)40(36(49)19-47)41(27,5)37(45-34)17-30-22(4)24(9-12-38(50)51)32(44-30)16-33-25(10-13-39(52)53-6)21(3)28(43-33)14-31(23)42-29/h7-8,11,14-17,40,45-48H,1,9-10,12-13,18-19H2,2-6H3,(H,50,51)/t40-,41+/m1/s1. The fourth-order valence-corrected chi connectivity index (χ4v) is 7.77. The van der Waals surface area contributed by atoms with Crippen LogP contribution in [0.3, 0.4) is 0 Å². The Morgan fingerprint density at radius 2 is 1.51 bits per heavy atom. The van der Waals surface area contributed by atoms with Crippen LogP contribution < -0.4 is 5.32 Å². The van der Waals surface area contributed by atoms with Crippen LogP contribution in [-0.2, 0) is 19.1 Å². The van der Waals surface area contributed by atoms with Gasteiger partial charge < -0.3 is 30.5 Å². The monoisotopic (exact) mass is 718 g/mol. The highest BCUT2D eigenvalue weighted by Crippen LogP contribution is 2.54. The first kappa shape index (κ1) is 37.1. The van der Waals surface area contributed by atoms with E-state index in [1.54, 1.807) is 24.3 Å². The number of aliphatic imine (C=N–C) groups is 3. The number of esters is 1. The van der Waals surface area contributed by atoms with Crippen LogP contribution in [0.2, 0.25) is 0 Å². The molecule has 53 heavy (non-hydrogen) atoms. The third-order valence-corrected chi connectivity index (χ3v) is 10.7. The molecule has 0 amide bonds. The average molecular weight is 719 g/mol. The molecule has 0 saturated heterocycles. The number of ether oxygens (including phenoxy) is 1. The maximum Gasteiger partial charge on any atom is 0.305 e. The number of carbonyl (C=O) groups excluding carboxylic acids is 2. The summed E-state index contributed by atoms with van der Waals surface area (Å²) in [5.41, 5.74) is 9.11. The van der Waals surface area contributed by atoms with Crippen molar-refractivity contribution in [3.05, 3.63) is 128 Å². The number of methoxy groups -OCH3 is 1. The molecule has 0 aromatic heterocycles. The molecule has 0 unspecified atom stereocenters. The molecule has 1 aliphatic carbocycles. The zero-order valence-electron chi connectivity index (χ0n) is 30.3. The summed E-state index contributed by atoms with van der Waals surface area (Å²) in [7, 11) is 1.34. The second kappa shape index (κ2) is 14.4. The molecule has 5 heterocycles. The van der Waals surface area contributed by atoms with Crippen molar-refractivity contribution >= 4 is 34.9 Å². The zero-order chi connectivity index (χ0) is 38.4. The maximum absolute atomic E-state index is 13.6. The molecule has 0 radical (unpaired) electrons. The predicted octanol–water partition coefficient (Wildman–Crippen LogP) is 5.27. The van der Waals surface area contributed by atoms with Crippen molar-refractivity contribution in [3.8, 4) is 0 Å². The fraction of sp³-hybridized carbons (Fsp3) is 0.317. The van der Waals surface area contributed by atoms with Crippen LogP contribution in [0.1, 0.15) is 53.4 Å². The lowest BCUT2D eigenvalue weighted by atomic mass is 9.62. The Hall–Kier alpha value is -5.72. The molecule has 274 valence electrons. The van der Waals surface area contributed by atoms with Gasteiger partial charge in [0, 0.05) is 40.8 Å². The van der Waals surface area contributed by atoms with E-state index in [0.29, 0.717) is 63.2 Å². The van der Waals surface area contributed by atoms with Crippen LogP contribution in [0.5, 0.6) is 0 Å². The minimum atomic E-state index is -1.18. The van der Waals surface area contributed by atoms with Crippen LogP contribution in [0.4, 0.5) is 0 Å². The first-order valence-electron chi connectivity index (χ1n) is 17.3. The molecular weight excluding hydrogens is 676 g/mol. The summed E-state index contributed by atoms with van der Waals surface area (Å²) < 4.78 is 4.93. The number of carbonyl (C=O) groups is 3. The van der Waals surface area contributed by atoms with E-state index in [0.717, 1.165) is 27.9 Å². The highest BCUT2D eigenvalue weighted by molar-refractivity contribution is 6.18. The van der Waals surface area contributed by atoms with Crippen molar-refractivity contribution in [2.75, 3.05) is 20.3 Å². The molecule has 8 bridgehead atoms. The Kier molecular flexibility index (Phi) is 10.0. The quantitative estimate of drug-likeness (QED) is 0.148. The Morgan fingerprint density at radius 1 is 0.849 bits per heavy atom. The van der Waals surface area contributed by atoms with E-state index < -0.39 is 36.3 Å². The molecule has 0 fully saturated rings. The van der Waals surface area contributed by atoms with Gasteiger partial charge in [-0.25, -0.2) is 15.0 Å². The van der Waals surface area contributed by atoms with Gasteiger partial charge in [0.05, 0.1) is 47.3 Å². The van der Waals surface area contributed by atoms with Crippen molar-refractivity contribution in [1.82, 2.24) is 5.32 Å². The molecular formula is C41H42N4O8. The molecule has 6 rings (SSSR count). The predicted molar refractivity (Wildman–Crippen MR) is 201 cm³/mol. The molecule has 6 aliphatic rings. The van der Waals surface area contributed by atoms with Gasteiger partial charge in [0.1, 0.15) is 19.0 Å². The lowest BCUT2D eigenvalue weighted by molar-refractivity contribution is -0.140. The highest BCUT2D eigenvalue weighted by Gasteiger charge is 2.52. The molecule has 5 aliphatic heterocycles. The Morgan fingerprint density at radius 3 is 2.17 bits per heavy atom. The van der Waals surface area contributed by atoms with Crippen LogP contribution >= 0.6 is 0 Å². The number of fused-ring (bicyclic) bond motifs is 7. The summed E-state index contributed by atoms with van der Waals surface area (Å²) >= 11 is 0.